The van der Waals surface area contributed by atoms with E-state index >= 15 is 0 Å². The second-order valence-electron chi connectivity index (χ2n) is 3.16. The van der Waals surface area contributed by atoms with Gasteiger partial charge in [0.1, 0.15) is 0 Å². The van der Waals surface area contributed by atoms with Crippen molar-refractivity contribution in [1.29, 1.82) is 0 Å². The molecule has 1 aromatic rings. The van der Waals surface area contributed by atoms with E-state index in [-0.39, 0.29) is 12.1 Å². The number of allylic oxidation sites excluding steroid dienone is 2. The van der Waals surface area contributed by atoms with E-state index in [1.54, 1.807) is 6.92 Å². The van der Waals surface area contributed by atoms with Gasteiger partial charge in [-0.3, -0.25) is 14.4 Å². The maximum Gasteiger partial charge on any atom is 0.217 e. The summed E-state index contributed by atoms with van der Waals surface area (Å²) >= 11 is 0. The van der Waals surface area contributed by atoms with Crippen LogP contribution in [0.5, 0.6) is 0 Å². The minimum atomic E-state index is -0.484. The van der Waals surface area contributed by atoms with Crippen molar-refractivity contribution in [3.63, 3.8) is 0 Å². The van der Waals surface area contributed by atoms with E-state index in [0.717, 1.165) is 5.56 Å². The highest BCUT2D eigenvalue weighted by Crippen LogP contribution is 2.01. The van der Waals surface area contributed by atoms with Crippen LogP contribution in [0.4, 0.5) is 0 Å². The van der Waals surface area contributed by atoms with Gasteiger partial charge in [-0.15, -0.1) is 0 Å². The van der Waals surface area contributed by atoms with E-state index in [1.807, 2.05) is 37.3 Å². The predicted molar refractivity (Wildman–Crippen MR) is 66.9 cm³/mol. The van der Waals surface area contributed by atoms with Gasteiger partial charge in [-0.2, -0.15) is 0 Å². The summed E-state index contributed by atoms with van der Waals surface area (Å²) in [4.78, 5) is 30.5. The fourth-order valence-electron chi connectivity index (χ4n) is 1.03. The molecular formula is C14H16O3. The molecule has 0 saturated carbocycles. The zero-order valence-corrected chi connectivity index (χ0v) is 10.1. The van der Waals surface area contributed by atoms with Gasteiger partial charge >= 0.3 is 0 Å². The molecule has 0 N–H and O–H groups in total. The summed E-state index contributed by atoms with van der Waals surface area (Å²) in [5, 5.41) is 0. The van der Waals surface area contributed by atoms with Gasteiger partial charge in [0.25, 0.3) is 0 Å². The van der Waals surface area contributed by atoms with Gasteiger partial charge in [0.2, 0.25) is 5.78 Å². The van der Waals surface area contributed by atoms with Crippen molar-refractivity contribution in [2.75, 3.05) is 0 Å². The van der Waals surface area contributed by atoms with Crippen LogP contribution in [0.15, 0.2) is 42.5 Å². The highest BCUT2D eigenvalue weighted by Gasteiger charge is 1.98. The van der Waals surface area contributed by atoms with Crippen LogP contribution in [0.3, 0.4) is 0 Å². The largest absolute Gasteiger partial charge is 0.294 e. The third-order valence-electron chi connectivity index (χ3n) is 1.86. The highest BCUT2D eigenvalue weighted by molar-refractivity contribution is 6.30. The Bertz CT molecular complexity index is 391. The molecule has 0 aromatic heterocycles. The molecule has 90 valence electrons. The standard InChI is InChI=1S/C9H10O.C5H6O2/c1-2-9(10)8-6-4-3-5-7-8;1-2-3-5(7)4-6/h3-7H,2H2,1H3;2-4H,1H3. The Hall–Kier alpha value is -2.03. The maximum absolute atomic E-state index is 11.0. The Balaban J connectivity index is 0.000000325. The Kier molecular flexibility index (Phi) is 8.11. The minimum absolute atomic E-state index is 0.209. The van der Waals surface area contributed by atoms with Crippen molar-refractivity contribution in [3.8, 4) is 0 Å². The van der Waals surface area contributed by atoms with Gasteiger partial charge in [-0.1, -0.05) is 43.3 Å². The Morgan fingerprint density at radius 2 is 1.76 bits per heavy atom. The lowest BCUT2D eigenvalue weighted by Crippen LogP contribution is -1.94. The Morgan fingerprint density at radius 1 is 1.18 bits per heavy atom. The molecule has 0 atom stereocenters. The zero-order valence-electron chi connectivity index (χ0n) is 10.1. The number of carbonyl (C=O) groups excluding carboxylic acids is 3. The summed E-state index contributed by atoms with van der Waals surface area (Å²) in [6, 6.07) is 9.34. The number of rotatable bonds is 4. The second kappa shape index (κ2) is 9.21. The van der Waals surface area contributed by atoms with Gasteiger partial charge < -0.3 is 0 Å². The van der Waals surface area contributed by atoms with Crippen LogP contribution in [-0.4, -0.2) is 17.9 Å². The summed E-state index contributed by atoms with van der Waals surface area (Å²) in [7, 11) is 0. The minimum Gasteiger partial charge on any atom is -0.294 e. The summed E-state index contributed by atoms with van der Waals surface area (Å²) in [5.74, 6) is -0.275. The smallest absolute Gasteiger partial charge is 0.217 e. The van der Waals surface area contributed by atoms with Crippen LogP contribution in [0, 0.1) is 0 Å². The van der Waals surface area contributed by atoms with Gasteiger partial charge in [0.05, 0.1) is 0 Å². The van der Waals surface area contributed by atoms with Gasteiger partial charge in [0.15, 0.2) is 12.1 Å². The van der Waals surface area contributed by atoms with Crippen LogP contribution >= 0.6 is 0 Å². The number of carbonyl (C=O) groups is 3. The molecule has 0 bridgehead atoms. The molecule has 0 heterocycles. The normalized spacial score (nSPS) is 9.29. The van der Waals surface area contributed by atoms with E-state index in [0.29, 0.717) is 6.42 Å². The maximum atomic E-state index is 11.0. The monoisotopic (exact) mass is 232 g/mol. The van der Waals surface area contributed by atoms with Crippen molar-refractivity contribution in [3.05, 3.63) is 48.0 Å². The van der Waals surface area contributed by atoms with Crippen LogP contribution < -0.4 is 0 Å². The first-order chi connectivity index (χ1) is 8.15. The lowest BCUT2D eigenvalue weighted by atomic mass is 10.1. The summed E-state index contributed by atoms with van der Waals surface area (Å²) in [6.07, 6.45) is 3.60. The van der Waals surface area contributed by atoms with Crippen molar-refractivity contribution in [2.24, 2.45) is 0 Å². The molecule has 17 heavy (non-hydrogen) atoms. The number of ketones is 2. The number of Topliss-reactive ketones (excluding diaryl/α,β-unsaturated/α-hetero) is 1. The van der Waals surface area contributed by atoms with Crippen molar-refractivity contribution in [2.45, 2.75) is 20.3 Å². The van der Waals surface area contributed by atoms with Crippen LogP contribution in [0.25, 0.3) is 0 Å². The van der Waals surface area contributed by atoms with E-state index in [4.69, 9.17) is 0 Å². The Morgan fingerprint density at radius 3 is 2.12 bits per heavy atom. The molecule has 3 nitrogen and oxygen atoms in total. The third kappa shape index (κ3) is 6.95. The van der Waals surface area contributed by atoms with E-state index < -0.39 is 5.78 Å². The van der Waals surface area contributed by atoms with E-state index in [1.165, 1.54) is 12.2 Å². The molecule has 3 heteroatoms. The number of hydrogen-bond donors (Lipinski definition) is 0. The molecule has 0 unspecified atom stereocenters. The summed E-state index contributed by atoms with van der Waals surface area (Å²) in [5.41, 5.74) is 0.810. The molecule has 0 fully saturated rings. The number of benzene rings is 1. The number of hydrogen-bond acceptors (Lipinski definition) is 3. The predicted octanol–water partition coefficient (Wildman–Crippen LogP) is 2.61. The summed E-state index contributed by atoms with van der Waals surface area (Å²) in [6.45, 7) is 3.55. The fraction of sp³-hybridized carbons (Fsp3) is 0.214. The van der Waals surface area contributed by atoms with Crippen LogP contribution in [0.1, 0.15) is 30.6 Å². The third-order valence-corrected chi connectivity index (χ3v) is 1.86. The molecular weight excluding hydrogens is 216 g/mol. The van der Waals surface area contributed by atoms with E-state index in [2.05, 4.69) is 0 Å². The first kappa shape index (κ1) is 15.0. The molecule has 0 aliphatic heterocycles. The van der Waals surface area contributed by atoms with Crippen LogP contribution in [0.2, 0.25) is 0 Å². The average Bonchev–Trinajstić information content (AvgIpc) is 2.39. The molecule has 0 amide bonds. The lowest BCUT2D eigenvalue weighted by Gasteiger charge is -1.93. The molecule has 1 aromatic carbocycles. The second-order valence-corrected chi connectivity index (χ2v) is 3.16. The van der Waals surface area contributed by atoms with Crippen molar-refractivity contribution >= 4 is 17.9 Å². The first-order valence-corrected chi connectivity index (χ1v) is 5.35. The SMILES string of the molecule is CC=CC(=O)C=O.CCC(=O)c1ccccc1. The molecule has 1 rings (SSSR count). The average molecular weight is 232 g/mol. The molecule has 0 spiro atoms. The fourth-order valence-corrected chi connectivity index (χ4v) is 1.03. The summed E-state index contributed by atoms with van der Waals surface area (Å²) < 4.78 is 0. The van der Waals surface area contributed by atoms with Gasteiger partial charge in [0, 0.05) is 12.0 Å². The zero-order chi connectivity index (χ0) is 13.1. The van der Waals surface area contributed by atoms with Gasteiger partial charge in [-0.05, 0) is 13.0 Å². The first-order valence-electron chi connectivity index (χ1n) is 5.35. The number of aldehydes is 1. The lowest BCUT2D eigenvalue weighted by molar-refractivity contribution is -0.126. The van der Waals surface area contributed by atoms with Crippen molar-refractivity contribution < 1.29 is 14.4 Å². The van der Waals surface area contributed by atoms with Gasteiger partial charge in [-0.25, -0.2) is 0 Å². The highest BCUT2D eigenvalue weighted by atomic mass is 16.2. The van der Waals surface area contributed by atoms with Crippen molar-refractivity contribution in [1.82, 2.24) is 0 Å². The van der Waals surface area contributed by atoms with Crippen LogP contribution in [-0.2, 0) is 9.59 Å². The topological polar surface area (TPSA) is 51.2 Å². The van der Waals surface area contributed by atoms with E-state index in [9.17, 15) is 14.4 Å². The Labute approximate surface area is 101 Å². The molecule has 0 aliphatic rings. The quantitative estimate of drug-likeness (QED) is 0.347. The molecule has 0 aliphatic carbocycles. The molecule has 0 radical (unpaired) electrons. The molecule has 0 saturated heterocycles.